The lowest BCUT2D eigenvalue weighted by Gasteiger charge is -2.13. The number of carbonyl (C=O) groups excluding carboxylic acids is 1. The van der Waals surface area contributed by atoms with Gasteiger partial charge in [-0.05, 0) is 72.8 Å². The molecule has 2 aromatic carbocycles. The number of anilines is 1. The average molecular weight is 393 g/mol. The summed E-state index contributed by atoms with van der Waals surface area (Å²) in [4.78, 5) is 12.9. The maximum Gasteiger partial charge on any atom is 0.257 e. The SMILES string of the molecule is Cc1ccc(C)n1-c1ccc(Cl)c(C(=O)Nc2cccc(-n3cnnn3)c2)c1. The standard InChI is InChI=1S/C20H17ClN6O/c1-13-6-7-14(2)27(13)17-8-9-19(21)18(11-17)20(28)23-15-4-3-5-16(10-15)26-12-22-24-25-26/h3-12H,1-2H3,(H,23,28). The molecule has 1 amide bonds. The van der Waals surface area contributed by atoms with Crippen molar-refractivity contribution in [3.8, 4) is 11.4 Å². The summed E-state index contributed by atoms with van der Waals surface area (Å²) < 4.78 is 3.59. The molecule has 4 rings (SSSR count). The van der Waals surface area contributed by atoms with E-state index in [1.807, 2.05) is 44.2 Å². The zero-order valence-corrected chi connectivity index (χ0v) is 16.1. The Bertz CT molecular complexity index is 1130. The van der Waals surface area contributed by atoms with Crippen molar-refractivity contribution in [2.24, 2.45) is 0 Å². The smallest absolute Gasteiger partial charge is 0.257 e. The summed E-state index contributed by atoms with van der Waals surface area (Å²) in [5.74, 6) is -0.289. The van der Waals surface area contributed by atoms with Crippen molar-refractivity contribution in [3.05, 3.63) is 82.9 Å². The molecule has 7 nitrogen and oxygen atoms in total. The number of hydrogen-bond donors (Lipinski definition) is 1. The summed E-state index contributed by atoms with van der Waals surface area (Å²) in [7, 11) is 0. The third-order valence-electron chi connectivity index (χ3n) is 4.44. The minimum atomic E-state index is -0.289. The van der Waals surface area contributed by atoms with Gasteiger partial charge in [-0.3, -0.25) is 4.79 Å². The van der Waals surface area contributed by atoms with Crippen LogP contribution >= 0.6 is 11.6 Å². The van der Waals surface area contributed by atoms with Crippen molar-refractivity contribution in [3.63, 3.8) is 0 Å². The Labute approximate surface area is 166 Å². The number of nitrogens with zero attached hydrogens (tertiary/aromatic N) is 5. The Kier molecular flexibility index (Phi) is 4.67. The van der Waals surface area contributed by atoms with Gasteiger partial charge in [-0.25, -0.2) is 4.68 Å². The maximum atomic E-state index is 12.9. The number of tetrazole rings is 1. The fraction of sp³-hybridized carbons (Fsp3) is 0.100. The Hall–Kier alpha value is -3.45. The second kappa shape index (κ2) is 7.28. The Morgan fingerprint density at radius 3 is 2.50 bits per heavy atom. The average Bonchev–Trinajstić information content (AvgIpc) is 3.33. The van der Waals surface area contributed by atoms with Gasteiger partial charge in [0.2, 0.25) is 0 Å². The van der Waals surface area contributed by atoms with E-state index in [2.05, 4.69) is 25.4 Å². The van der Waals surface area contributed by atoms with Gasteiger partial charge in [0, 0.05) is 22.8 Å². The van der Waals surface area contributed by atoms with Gasteiger partial charge in [-0.2, -0.15) is 0 Å². The van der Waals surface area contributed by atoms with E-state index >= 15 is 0 Å². The number of hydrogen-bond acceptors (Lipinski definition) is 4. The van der Waals surface area contributed by atoms with Gasteiger partial charge in [0.05, 0.1) is 16.3 Å². The summed E-state index contributed by atoms with van der Waals surface area (Å²) in [5.41, 5.74) is 4.81. The van der Waals surface area contributed by atoms with Crippen molar-refractivity contribution >= 4 is 23.2 Å². The molecule has 2 aromatic heterocycles. The fourth-order valence-corrected chi connectivity index (χ4v) is 3.31. The number of nitrogens with one attached hydrogen (secondary N) is 1. The highest BCUT2D eigenvalue weighted by atomic mass is 35.5. The van der Waals surface area contributed by atoms with Crippen LogP contribution in [0.15, 0.2) is 60.9 Å². The summed E-state index contributed by atoms with van der Waals surface area (Å²) >= 11 is 6.31. The minimum absolute atomic E-state index is 0.289. The van der Waals surface area contributed by atoms with Gasteiger partial charge < -0.3 is 9.88 Å². The number of rotatable bonds is 4. The number of amides is 1. The van der Waals surface area contributed by atoms with Crippen molar-refractivity contribution in [1.29, 1.82) is 0 Å². The van der Waals surface area contributed by atoms with Crippen LogP contribution in [0, 0.1) is 13.8 Å². The molecular formula is C20H17ClN6O. The summed E-state index contributed by atoms with van der Waals surface area (Å²) in [6.07, 6.45) is 1.49. The van der Waals surface area contributed by atoms with Gasteiger partial charge in [-0.15, -0.1) is 5.10 Å². The third kappa shape index (κ3) is 3.39. The van der Waals surface area contributed by atoms with Crippen molar-refractivity contribution in [2.75, 3.05) is 5.32 Å². The Morgan fingerprint density at radius 1 is 1.00 bits per heavy atom. The number of aryl methyl sites for hydroxylation is 2. The highest BCUT2D eigenvalue weighted by Crippen LogP contribution is 2.24. The molecule has 0 aliphatic heterocycles. The number of aromatic nitrogens is 5. The van der Waals surface area contributed by atoms with Crippen molar-refractivity contribution in [2.45, 2.75) is 13.8 Å². The first-order valence-corrected chi connectivity index (χ1v) is 9.00. The van der Waals surface area contributed by atoms with Gasteiger partial charge in [-0.1, -0.05) is 17.7 Å². The summed E-state index contributed by atoms with van der Waals surface area (Å²) in [6, 6.07) is 16.7. The van der Waals surface area contributed by atoms with E-state index in [1.54, 1.807) is 24.3 Å². The van der Waals surface area contributed by atoms with E-state index in [0.29, 0.717) is 16.3 Å². The molecule has 0 radical (unpaired) electrons. The van der Waals surface area contributed by atoms with E-state index < -0.39 is 0 Å². The Morgan fingerprint density at radius 2 is 1.79 bits per heavy atom. The highest BCUT2D eigenvalue weighted by Gasteiger charge is 2.14. The van der Waals surface area contributed by atoms with Crippen LogP contribution < -0.4 is 5.32 Å². The molecule has 0 saturated carbocycles. The molecule has 28 heavy (non-hydrogen) atoms. The minimum Gasteiger partial charge on any atom is -0.322 e. The van der Waals surface area contributed by atoms with Crippen LogP contribution in [0.2, 0.25) is 5.02 Å². The first-order chi connectivity index (χ1) is 13.5. The normalized spacial score (nSPS) is 10.8. The summed E-state index contributed by atoms with van der Waals surface area (Å²) in [6.45, 7) is 4.04. The van der Waals surface area contributed by atoms with E-state index in [-0.39, 0.29) is 5.91 Å². The van der Waals surface area contributed by atoms with Crippen LogP contribution in [0.1, 0.15) is 21.7 Å². The molecule has 4 aromatic rings. The van der Waals surface area contributed by atoms with E-state index in [1.165, 1.54) is 11.0 Å². The summed E-state index contributed by atoms with van der Waals surface area (Å²) in [5, 5.41) is 14.4. The van der Waals surface area contributed by atoms with Crippen molar-refractivity contribution < 1.29 is 4.79 Å². The molecule has 140 valence electrons. The quantitative estimate of drug-likeness (QED) is 0.570. The Balaban J connectivity index is 1.64. The molecule has 0 spiro atoms. The van der Waals surface area contributed by atoms with Gasteiger partial charge >= 0.3 is 0 Å². The molecule has 2 heterocycles. The third-order valence-corrected chi connectivity index (χ3v) is 4.77. The lowest BCUT2D eigenvalue weighted by atomic mass is 10.1. The van der Waals surface area contributed by atoms with Crippen molar-refractivity contribution in [1.82, 2.24) is 24.8 Å². The van der Waals surface area contributed by atoms with Gasteiger partial charge in [0.15, 0.2) is 0 Å². The van der Waals surface area contributed by atoms with Crippen LogP contribution in [0.5, 0.6) is 0 Å². The second-order valence-corrected chi connectivity index (χ2v) is 6.78. The lowest BCUT2D eigenvalue weighted by Crippen LogP contribution is -2.13. The van der Waals surface area contributed by atoms with Gasteiger partial charge in [0.25, 0.3) is 5.91 Å². The molecule has 0 aliphatic carbocycles. The number of halogens is 1. The first-order valence-electron chi connectivity index (χ1n) is 8.62. The lowest BCUT2D eigenvalue weighted by molar-refractivity contribution is 0.102. The van der Waals surface area contributed by atoms with Crippen LogP contribution in [0.25, 0.3) is 11.4 Å². The molecule has 0 saturated heterocycles. The largest absolute Gasteiger partial charge is 0.322 e. The van der Waals surface area contributed by atoms with Crippen LogP contribution in [-0.4, -0.2) is 30.7 Å². The second-order valence-electron chi connectivity index (χ2n) is 6.37. The molecule has 0 bridgehead atoms. The molecule has 0 atom stereocenters. The van der Waals surface area contributed by atoms with E-state index in [4.69, 9.17) is 11.6 Å². The first kappa shape index (κ1) is 17.9. The van der Waals surface area contributed by atoms with Crippen LogP contribution in [0.4, 0.5) is 5.69 Å². The maximum absolute atomic E-state index is 12.9. The molecule has 8 heteroatoms. The molecule has 0 aliphatic rings. The fourth-order valence-electron chi connectivity index (χ4n) is 3.11. The molecule has 0 unspecified atom stereocenters. The van der Waals surface area contributed by atoms with Crippen LogP contribution in [-0.2, 0) is 0 Å². The molecular weight excluding hydrogens is 376 g/mol. The topological polar surface area (TPSA) is 77.6 Å². The van der Waals surface area contributed by atoms with Crippen LogP contribution in [0.3, 0.4) is 0 Å². The van der Waals surface area contributed by atoms with Gasteiger partial charge in [0.1, 0.15) is 6.33 Å². The number of carbonyl (C=O) groups is 1. The zero-order chi connectivity index (χ0) is 19.7. The van der Waals surface area contributed by atoms with E-state index in [9.17, 15) is 4.79 Å². The number of benzene rings is 2. The monoisotopic (exact) mass is 392 g/mol. The molecule has 0 fully saturated rings. The zero-order valence-electron chi connectivity index (χ0n) is 15.3. The predicted molar refractivity (Wildman–Crippen MR) is 107 cm³/mol. The highest BCUT2D eigenvalue weighted by molar-refractivity contribution is 6.34. The van der Waals surface area contributed by atoms with E-state index in [0.717, 1.165) is 22.8 Å². The molecule has 1 N–H and O–H groups in total. The predicted octanol–water partition coefficient (Wildman–Crippen LogP) is 3.98.